The zero-order chi connectivity index (χ0) is 13.3. The summed E-state index contributed by atoms with van der Waals surface area (Å²) in [5, 5.41) is 11.8. The zero-order valence-electron chi connectivity index (χ0n) is 9.84. The molecule has 3 N–H and O–H groups in total. The number of thioether (sulfide) groups is 1. The lowest BCUT2D eigenvalue weighted by atomic mass is 10.00. The molecule has 1 aromatic rings. The maximum atomic E-state index is 11.2. The van der Waals surface area contributed by atoms with Crippen molar-refractivity contribution in [3.8, 4) is 6.07 Å². The first-order valence-electron chi connectivity index (χ1n) is 5.46. The topological polar surface area (TPSA) is 118 Å². The Balaban J connectivity index is 2.16. The van der Waals surface area contributed by atoms with Gasteiger partial charge in [0.15, 0.2) is 5.16 Å². The maximum Gasteiger partial charge on any atom is 0.339 e. The highest BCUT2D eigenvalue weighted by molar-refractivity contribution is 7.99. The van der Waals surface area contributed by atoms with Gasteiger partial charge in [0, 0.05) is 12.8 Å². The second kappa shape index (κ2) is 4.59. The van der Waals surface area contributed by atoms with Gasteiger partial charge in [-0.25, -0.2) is 0 Å². The van der Waals surface area contributed by atoms with Crippen LogP contribution < -0.4 is 16.9 Å². The molecule has 7 nitrogen and oxygen atoms in total. The molecule has 1 atom stereocenters. The molecule has 1 heterocycles. The minimum Gasteiger partial charge on any atom is -0.312 e. The fourth-order valence-electron chi connectivity index (χ4n) is 1.61. The lowest BCUT2D eigenvalue weighted by Gasteiger charge is -2.20. The van der Waals surface area contributed by atoms with Crippen LogP contribution in [-0.4, -0.2) is 26.1 Å². The molecule has 0 saturated heterocycles. The van der Waals surface area contributed by atoms with Gasteiger partial charge in [-0.05, 0) is 18.8 Å². The Bertz CT molecular complexity index is 612. The fourth-order valence-corrected chi connectivity index (χ4v) is 2.67. The number of rotatable bonds is 4. The Morgan fingerprint density at radius 1 is 1.67 bits per heavy atom. The van der Waals surface area contributed by atoms with Crippen molar-refractivity contribution in [2.75, 3.05) is 5.75 Å². The van der Waals surface area contributed by atoms with Gasteiger partial charge in [-0.2, -0.15) is 10.2 Å². The summed E-state index contributed by atoms with van der Waals surface area (Å²) in [7, 11) is 1.58. The van der Waals surface area contributed by atoms with Crippen LogP contribution in [0.2, 0.25) is 0 Å². The molecule has 96 valence electrons. The quantitative estimate of drug-likeness (QED) is 0.544. The molecule has 2 rings (SSSR count). The molecule has 18 heavy (non-hydrogen) atoms. The monoisotopic (exact) mass is 267 g/mol. The molecule has 8 heteroatoms. The summed E-state index contributed by atoms with van der Waals surface area (Å²) < 4.78 is 1.36. The van der Waals surface area contributed by atoms with Crippen molar-refractivity contribution in [2.24, 2.45) is 18.7 Å². The maximum absolute atomic E-state index is 11.2. The molecule has 1 aliphatic rings. The number of nitrogens with zero attached hydrogens (tertiary/aromatic N) is 3. The predicted molar refractivity (Wildman–Crippen MR) is 66.1 cm³/mol. The third kappa shape index (κ3) is 2.47. The number of nitrogens with two attached hydrogens (primary N) is 1. The van der Waals surface area contributed by atoms with Crippen molar-refractivity contribution in [3.05, 3.63) is 20.7 Å². The van der Waals surface area contributed by atoms with Gasteiger partial charge in [0.05, 0.1) is 6.07 Å². The summed E-state index contributed by atoms with van der Waals surface area (Å²) in [6.45, 7) is 0. The van der Waals surface area contributed by atoms with Gasteiger partial charge in [-0.15, -0.1) is 0 Å². The van der Waals surface area contributed by atoms with Crippen LogP contribution in [0.15, 0.2) is 14.7 Å². The molecule has 0 aliphatic heterocycles. The van der Waals surface area contributed by atoms with Crippen molar-refractivity contribution in [1.29, 1.82) is 5.26 Å². The van der Waals surface area contributed by atoms with E-state index >= 15 is 0 Å². The van der Waals surface area contributed by atoms with E-state index in [0.29, 0.717) is 10.9 Å². The van der Waals surface area contributed by atoms with Crippen LogP contribution in [0.25, 0.3) is 0 Å². The van der Waals surface area contributed by atoms with Crippen molar-refractivity contribution < 1.29 is 0 Å². The van der Waals surface area contributed by atoms with Gasteiger partial charge < -0.3 is 5.73 Å². The van der Waals surface area contributed by atoms with E-state index in [0.717, 1.165) is 12.8 Å². The number of hydrogen-bond acceptors (Lipinski definition) is 6. The molecular formula is C10H13N5O2S. The van der Waals surface area contributed by atoms with E-state index in [2.05, 4.69) is 16.2 Å². The van der Waals surface area contributed by atoms with E-state index in [-0.39, 0.29) is 5.92 Å². The van der Waals surface area contributed by atoms with Crippen LogP contribution in [0.3, 0.4) is 0 Å². The standard InChI is InChI=1S/C10H13N5O2S/c1-15-9(13-7(16)8(17)14-15)18-5-10(12,4-11)6-2-3-6/h6H,2-3,5,12H2,1H3,(H,14,17). The number of aromatic amines is 1. The number of H-pyrrole nitrogens is 1. The molecule has 1 aromatic heterocycles. The fraction of sp³-hybridized carbons (Fsp3) is 0.600. The van der Waals surface area contributed by atoms with E-state index < -0.39 is 16.7 Å². The number of nitrogens with one attached hydrogen (secondary N) is 1. The number of aryl methyl sites for hydroxylation is 1. The molecular weight excluding hydrogens is 254 g/mol. The van der Waals surface area contributed by atoms with Crippen LogP contribution in [0, 0.1) is 17.2 Å². The third-order valence-corrected chi connectivity index (χ3v) is 4.15. The normalized spacial score (nSPS) is 18.1. The third-order valence-electron chi connectivity index (χ3n) is 2.90. The average Bonchev–Trinajstić information content (AvgIpc) is 3.16. The second-order valence-corrected chi connectivity index (χ2v) is 5.36. The molecule has 0 bridgehead atoms. The van der Waals surface area contributed by atoms with Gasteiger partial charge >= 0.3 is 11.1 Å². The van der Waals surface area contributed by atoms with Crippen molar-refractivity contribution in [1.82, 2.24) is 14.8 Å². The minimum atomic E-state index is -0.890. The van der Waals surface area contributed by atoms with E-state index in [4.69, 9.17) is 11.0 Å². The number of hydrogen-bond donors (Lipinski definition) is 2. The summed E-state index contributed by atoms with van der Waals surface area (Å²) in [5.74, 6) is 0.565. The SMILES string of the molecule is Cn1[nH]c(=O)c(=O)nc1SCC(N)(C#N)C1CC1. The van der Waals surface area contributed by atoms with Crippen molar-refractivity contribution in [3.63, 3.8) is 0 Å². The van der Waals surface area contributed by atoms with Gasteiger partial charge in [-0.1, -0.05) is 11.8 Å². The Morgan fingerprint density at radius 3 is 2.89 bits per heavy atom. The van der Waals surface area contributed by atoms with Crippen molar-refractivity contribution in [2.45, 2.75) is 23.5 Å². The first-order valence-corrected chi connectivity index (χ1v) is 6.45. The highest BCUT2D eigenvalue weighted by atomic mass is 32.2. The highest BCUT2D eigenvalue weighted by Crippen LogP contribution is 2.40. The van der Waals surface area contributed by atoms with Crippen LogP contribution in [-0.2, 0) is 7.05 Å². The van der Waals surface area contributed by atoms with Gasteiger partial charge in [0.1, 0.15) is 5.54 Å². The molecule has 1 unspecified atom stereocenters. The average molecular weight is 267 g/mol. The Hall–Kier alpha value is -1.59. The van der Waals surface area contributed by atoms with E-state index in [1.54, 1.807) is 7.05 Å². The summed E-state index contributed by atoms with van der Waals surface area (Å²) in [6, 6.07) is 2.13. The first-order chi connectivity index (χ1) is 8.46. The summed E-state index contributed by atoms with van der Waals surface area (Å²) in [6.07, 6.45) is 1.92. The molecule has 1 fully saturated rings. The smallest absolute Gasteiger partial charge is 0.312 e. The molecule has 1 aliphatic carbocycles. The van der Waals surface area contributed by atoms with E-state index in [9.17, 15) is 9.59 Å². The number of aromatic nitrogens is 3. The van der Waals surface area contributed by atoms with Crippen LogP contribution in [0.4, 0.5) is 0 Å². The molecule has 0 radical (unpaired) electrons. The van der Waals surface area contributed by atoms with Gasteiger partial charge in [-0.3, -0.25) is 19.4 Å². The van der Waals surface area contributed by atoms with Crippen LogP contribution in [0.5, 0.6) is 0 Å². The molecule has 0 amide bonds. The van der Waals surface area contributed by atoms with E-state index in [1.807, 2.05) is 0 Å². The summed E-state index contributed by atoms with van der Waals surface area (Å²) in [4.78, 5) is 25.8. The summed E-state index contributed by atoms with van der Waals surface area (Å²) in [5.41, 5.74) is 3.52. The molecule has 1 saturated carbocycles. The highest BCUT2D eigenvalue weighted by Gasteiger charge is 2.42. The van der Waals surface area contributed by atoms with Gasteiger partial charge in [0.25, 0.3) is 0 Å². The molecule has 0 aromatic carbocycles. The van der Waals surface area contributed by atoms with Crippen molar-refractivity contribution >= 4 is 11.8 Å². The predicted octanol–water partition coefficient (Wildman–Crippen LogP) is -0.808. The van der Waals surface area contributed by atoms with E-state index in [1.165, 1.54) is 16.4 Å². The van der Waals surface area contributed by atoms with Crippen LogP contribution in [0.1, 0.15) is 12.8 Å². The lowest BCUT2D eigenvalue weighted by molar-refractivity contribution is 0.529. The zero-order valence-corrected chi connectivity index (χ0v) is 10.7. The number of nitriles is 1. The Kier molecular flexibility index (Phi) is 3.28. The molecule has 0 spiro atoms. The largest absolute Gasteiger partial charge is 0.339 e. The lowest BCUT2D eigenvalue weighted by Crippen LogP contribution is -2.43. The minimum absolute atomic E-state index is 0.217. The summed E-state index contributed by atoms with van der Waals surface area (Å²) >= 11 is 1.20. The van der Waals surface area contributed by atoms with Gasteiger partial charge in [0.2, 0.25) is 0 Å². The van der Waals surface area contributed by atoms with Crippen LogP contribution >= 0.6 is 11.8 Å². The Morgan fingerprint density at radius 2 is 2.33 bits per heavy atom. The first kappa shape index (κ1) is 12.9. The Labute approximate surface area is 107 Å². The second-order valence-electron chi connectivity index (χ2n) is 4.41.